The van der Waals surface area contributed by atoms with Crippen molar-refractivity contribution in [2.45, 2.75) is 55.9 Å². The number of rotatable bonds is 7. The topological polar surface area (TPSA) is 93.3 Å². The monoisotopic (exact) mass is 489 g/mol. The molecule has 34 heavy (non-hydrogen) atoms. The van der Waals surface area contributed by atoms with E-state index in [1.54, 1.807) is 12.1 Å². The van der Waals surface area contributed by atoms with Gasteiger partial charge in [0.2, 0.25) is 21.8 Å². The molecule has 3 fully saturated rings. The summed E-state index contributed by atoms with van der Waals surface area (Å²) < 4.78 is 27.9. The number of sulfonamides is 1. The summed E-state index contributed by atoms with van der Waals surface area (Å²) in [7, 11) is -3.62. The molecule has 1 aromatic rings. The molecule has 0 aromatic heterocycles. The van der Waals surface area contributed by atoms with Gasteiger partial charge in [-0.25, -0.2) is 8.42 Å². The first-order valence-electron chi connectivity index (χ1n) is 12.7. The van der Waals surface area contributed by atoms with Crippen molar-refractivity contribution >= 4 is 33.2 Å². The molecule has 0 saturated carbocycles. The number of benzene rings is 1. The molecule has 186 valence electrons. The van der Waals surface area contributed by atoms with E-state index in [2.05, 4.69) is 15.1 Å². The number of anilines is 2. The largest absolute Gasteiger partial charge is 0.358 e. The summed E-state index contributed by atoms with van der Waals surface area (Å²) in [5.74, 6) is -0.326. The van der Waals surface area contributed by atoms with E-state index in [-0.39, 0.29) is 29.3 Å². The maximum absolute atomic E-state index is 13.5. The van der Waals surface area contributed by atoms with Crippen molar-refractivity contribution in [2.75, 3.05) is 62.2 Å². The van der Waals surface area contributed by atoms with Gasteiger partial charge in [0.1, 0.15) is 12.6 Å². The van der Waals surface area contributed by atoms with Gasteiger partial charge >= 0.3 is 0 Å². The van der Waals surface area contributed by atoms with Crippen LogP contribution in [0.15, 0.2) is 23.1 Å². The fourth-order valence-electron chi connectivity index (χ4n) is 5.70. The molecule has 3 saturated heterocycles. The van der Waals surface area contributed by atoms with Crippen molar-refractivity contribution in [3.05, 3.63) is 18.2 Å². The number of nitrogens with one attached hydrogen (secondary N) is 1. The predicted octanol–water partition coefficient (Wildman–Crippen LogP) is 1.39. The Balaban J connectivity index is 1.39. The lowest BCUT2D eigenvalue weighted by atomic mass is 9.96. The van der Waals surface area contributed by atoms with E-state index >= 15 is 0 Å². The van der Waals surface area contributed by atoms with Crippen molar-refractivity contribution in [1.82, 2.24) is 14.5 Å². The van der Waals surface area contributed by atoms with Crippen LogP contribution in [-0.2, 0) is 19.6 Å². The lowest BCUT2D eigenvalue weighted by molar-refractivity contribution is -0.125. The van der Waals surface area contributed by atoms with Crippen molar-refractivity contribution in [3.8, 4) is 0 Å². The third-order valence-electron chi connectivity index (χ3n) is 7.55. The molecule has 9 nitrogen and oxygen atoms in total. The standard InChI is InChI=1S/C24H35N5O4S/c30-23(25-10-16-26-11-3-4-12-26)18-29-22-17-19(34(32,33)27-13-5-6-14-27)8-9-20(22)28-15-2-1-7-21(28)24(29)31/h8-9,17,21H,1-7,10-16,18H2,(H,25,30)/t21-/m0/s1. The van der Waals surface area contributed by atoms with Crippen LogP contribution in [0.4, 0.5) is 11.4 Å². The minimum atomic E-state index is -3.62. The van der Waals surface area contributed by atoms with Gasteiger partial charge < -0.3 is 15.1 Å². The smallest absolute Gasteiger partial charge is 0.250 e. The van der Waals surface area contributed by atoms with E-state index < -0.39 is 10.0 Å². The van der Waals surface area contributed by atoms with Crippen molar-refractivity contribution in [2.24, 2.45) is 0 Å². The summed E-state index contributed by atoms with van der Waals surface area (Å²) in [4.78, 5) is 32.4. The molecule has 4 aliphatic rings. The highest BCUT2D eigenvalue weighted by Gasteiger charge is 2.41. The fourth-order valence-corrected chi connectivity index (χ4v) is 7.24. The van der Waals surface area contributed by atoms with Crippen LogP contribution >= 0.6 is 0 Å². The summed E-state index contributed by atoms with van der Waals surface area (Å²) in [5, 5.41) is 2.96. The van der Waals surface area contributed by atoms with Gasteiger partial charge in [0.05, 0.1) is 16.3 Å². The number of hydrogen-bond donors (Lipinski definition) is 1. The quantitative estimate of drug-likeness (QED) is 0.622. The molecule has 0 radical (unpaired) electrons. The van der Waals surface area contributed by atoms with Crippen LogP contribution in [-0.4, -0.2) is 87.8 Å². The van der Waals surface area contributed by atoms with Crippen LogP contribution in [0.1, 0.15) is 44.9 Å². The highest BCUT2D eigenvalue weighted by Crippen LogP contribution is 2.41. The molecule has 1 aromatic carbocycles. The zero-order valence-electron chi connectivity index (χ0n) is 19.7. The van der Waals surface area contributed by atoms with Gasteiger partial charge in [0.25, 0.3) is 0 Å². The number of hydrogen-bond acceptors (Lipinski definition) is 6. The molecule has 0 bridgehead atoms. The van der Waals surface area contributed by atoms with Gasteiger partial charge in [-0.2, -0.15) is 4.31 Å². The van der Waals surface area contributed by atoms with Gasteiger partial charge in [-0.1, -0.05) is 0 Å². The van der Waals surface area contributed by atoms with Crippen molar-refractivity contribution in [3.63, 3.8) is 0 Å². The van der Waals surface area contributed by atoms with Crippen molar-refractivity contribution < 1.29 is 18.0 Å². The molecule has 1 N–H and O–H groups in total. The molecule has 2 amide bonds. The van der Waals surface area contributed by atoms with Gasteiger partial charge in [-0.05, 0) is 76.2 Å². The summed E-state index contributed by atoms with van der Waals surface area (Å²) in [6, 6.07) is 4.78. The Bertz CT molecular complexity index is 1030. The maximum Gasteiger partial charge on any atom is 0.250 e. The lowest BCUT2D eigenvalue weighted by Crippen LogP contribution is -2.57. The minimum Gasteiger partial charge on any atom is -0.358 e. The first kappa shape index (κ1) is 23.6. The Kier molecular flexibility index (Phi) is 6.81. The Morgan fingerprint density at radius 1 is 0.941 bits per heavy atom. The number of carbonyl (C=O) groups excluding carboxylic acids is 2. The normalized spacial score (nSPS) is 23.8. The highest BCUT2D eigenvalue weighted by atomic mass is 32.2. The summed E-state index contributed by atoms with van der Waals surface area (Å²) in [6.45, 7) is 5.21. The van der Waals surface area contributed by atoms with Gasteiger partial charge in [-0.15, -0.1) is 0 Å². The third-order valence-corrected chi connectivity index (χ3v) is 9.45. The van der Waals surface area contributed by atoms with Crippen LogP contribution in [0.2, 0.25) is 0 Å². The summed E-state index contributed by atoms with van der Waals surface area (Å²) in [6.07, 6.45) is 6.84. The predicted molar refractivity (Wildman–Crippen MR) is 130 cm³/mol. The number of likely N-dealkylation sites (tertiary alicyclic amines) is 1. The molecule has 5 rings (SSSR count). The molecule has 10 heteroatoms. The number of carbonyl (C=O) groups is 2. The van der Waals surface area contributed by atoms with E-state index in [1.807, 2.05) is 6.07 Å². The van der Waals surface area contributed by atoms with Gasteiger partial charge in [-0.3, -0.25) is 14.5 Å². The van der Waals surface area contributed by atoms with E-state index in [4.69, 9.17) is 0 Å². The molecular formula is C24H35N5O4S. The van der Waals surface area contributed by atoms with E-state index in [0.29, 0.717) is 25.3 Å². The third kappa shape index (κ3) is 4.55. The Hall–Kier alpha value is -2.17. The second-order valence-electron chi connectivity index (χ2n) is 9.79. The van der Waals surface area contributed by atoms with Crippen LogP contribution < -0.4 is 15.1 Å². The van der Waals surface area contributed by atoms with Crippen LogP contribution in [0.3, 0.4) is 0 Å². The van der Waals surface area contributed by atoms with Crippen LogP contribution in [0.5, 0.6) is 0 Å². The van der Waals surface area contributed by atoms with Gasteiger partial charge in [0.15, 0.2) is 0 Å². The molecule has 0 aliphatic carbocycles. The average molecular weight is 490 g/mol. The van der Waals surface area contributed by atoms with E-state index in [9.17, 15) is 18.0 Å². The molecule has 4 heterocycles. The zero-order chi connectivity index (χ0) is 23.7. The fraction of sp³-hybridized carbons (Fsp3) is 0.667. The number of fused-ring (bicyclic) bond motifs is 3. The summed E-state index contributed by atoms with van der Waals surface area (Å²) in [5.41, 5.74) is 1.37. The second-order valence-corrected chi connectivity index (χ2v) is 11.7. The Morgan fingerprint density at radius 2 is 1.65 bits per heavy atom. The first-order valence-corrected chi connectivity index (χ1v) is 14.1. The number of piperidine rings is 1. The van der Waals surface area contributed by atoms with Gasteiger partial charge in [0, 0.05) is 32.7 Å². The minimum absolute atomic E-state index is 0.0939. The second kappa shape index (κ2) is 9.83. The average Bonchev–Trinajstić information content (AvgIpc) is 3.56. The van der Waals surface area contributed by atoms with Crippen molar-refractivity contribution in [1.29, 1.82) is 0 Å². The Labute approximate surface area is 202 Å². The zero-order valence-corrected chi connectivity index (χ0v) is 20.6. The SMILES string of the molecule is O=C(CN1C(=O)[C@@H]2CCCCN2c2ccc(S(=O)(=O)N3CCCC3)cc21)NCCN1CCCC1. The molecule has 4 aliphatic heterocycles. The Morgan fingerprint density at radius 3 is 2.41 bits per heavy atom. The number of nitrogens with zero attached hydrogens (tertiary/aromatic N) is 4. The highest BCUT2D eigenvalue weighted by molar-refractivity contribution is 7.89. The summed E-state index contributed by atoms with van der Waals surface area (Å²) >= 11 is 0. The first-order chi connectivity index (χ1) is 16.4. The van der Waals surface area contributed by atoms with Crippen LogP contribution in [0.25, 0.3) is 0 Å². The lowest BCUT2D eigenvalue weighted by Gasteiger charge is -2.45. The molecule has 1 atom stereocenters. The maximum atomic E-state index is 13.5. The molecule has 0 unspecified atom stereocenters. The number of amides is 2. The molecular weight excluding hydrogens is 454 g/mol. The van der Waals surface area contributed by atoms with E-state index in [1.165, 1.54) is 22.0 Å². The van der Waals surface area contributed by atoms with Crippen LogP contribution in [0, 0.1) is 0 Å². The molecule has 0 spiro atoms. The van der Waals surface area contributed by atoms with E-state index in [0.717, 1.165) is 64.0 Å².